The molecule has 0 bridgehead atoms. The van der Waals surface area contributed by atoms with Crippen LogP contribution < -0.4 is 0 Å². The highest BCUT2D eigenvalue weighted by molar-refractivity contribution is 5.91. The highest BCUT2D eigenvalue weighted by Gasteiger charge is 2.24. The standard InChI is InChI=1S/C18H30NO9/c1-14(20)28-15(13-19(2,3)4)12-18(23)27-11-9-25-8-10-26-17(22)7-6-16(21)24-5/h6-7,15H,8-13H2,1-5H3/q+1/b7-6+/t15-/m1/s1. The zero-order valence-electron chi connectivity index (χ0n) is 17.1. The summed E-state index contributed by atoms with van der Waals surface area (Å²) in [6.07, 6.45) is 1.29. The van der Waals surface area contributed by atoms with Gasteiger partial charge in [0, 0.05) is 19.1 Å². The lowest BCUT2D eigenvalue weighted by atomic mass is 10.2. The quantitative estimate of drug-likeness (QED) is 0.136. The number of esters is 4. The minimum atomic E-state index is -0.700. The molecular weight excluding hydrogens is 374 g/mol. The maximum Gasteiger partial charge on any atom is 0.331 e. The monoisotopic (exact) mass is 404 g/mol. The summed E-state index contributed by atoms with van der Waals surface area (Å²) in [4.78, 5) is 45.1. The minimum Gasteiger partial charge on any atom is -0.466 e. The maximum absolute atomic E-state index is 11.9. The van der Waals surface area contributed by atoms with Crippen molar-refractivity contribution in [2.24, 2.45) is 0 Å². The first-order valence-corrected chi connectivity index (χ1v) is 8.67. The fourth-order valence-electron chi connectivity index (χ4n) is 2.00. The van der Waals surface area contributed by atoms with Gasteiger partial charge in [-0.3, -0.25) is 9.59 Å². The molecule has 0 saturated carbocycles. The average molecular weight is 404 g/mol. The van der Waals surface area contributed by atoms with Crippen molar-refractivity contribution < 1.29 is 47.3 Å². The van der Waals surface area contributed by atoms with Crippen LogP contribution in [-0.4, -0.2) is 95.7 Å². The molecule has 0 amide bonds. The number of carbonyl (C=O) groups excluding carboxylic acids is 4. The molecule has 0 fully saturated rings. The first-order valence-electron chi connectivity index (χ1n) is 8.67. The third-order valence-corrected chi connectivity index (χ3v) is 3.00. The molecular formula is C18H30NO9+. The SMILES string of the molecule is COC(=O)/C=C/C(=O)OCCOCCOC(=O)C[C@H](C[N+](C)(C)C)OC(C)=O. The van der Waals surface area contributed by atoms with Crippen molar-refractivity contribution in [1.82, 2.24) is 0 Å². The molecule has 0 aromatic heterocycles. The lowest BCUT2D eigenvalue weighted by Gasteiger charge is -2.28. The van der Waals surface area contributed by atoms with Gasteiger partial charge in [0.15, 0.2) is 6.10 Å². The van der Waals surface area contributed by atoms with E-state index in [4.69, 9.17) is 18.9 Å². The van der Waals surface area contributed by atoms with E-state index < -0.39 is 30.0 Å². The summed E-state index contributed by atoms with van der Waals surface area (Å²) in [7, 11) is 6.97. The molecule has 0 rings (SSSR count). The van der Waals surface area contributed by atoms with E-state index in [1.54, 1.807) is 0 Å². The Morgan fingerprint density at radius 3 is 2.00 bits per heavy atom. The molecule has 0 N–H and O–H groups in total. The Morgan fingerprint density at radius 2 is 1.46 bits per heavy atom. The highest BCUT2D eigenvalue weighted by Crippen LogP contribution is 2.06. The van der Waals surface area contributed by atoms with Crippen LogP contribution in [0.5, 0.6) is 0 Å². The van der Waals surface area contributed by atoms with Crippen molar-refractivity contribution in [1.29, 1.82) is 0 Å². The molecule has 0 radical (unpaired) electrons. The van der Waals surface area contributed by atoms with Crippen molar-refractivity contribution in [3.63, 3.8) is 0 Å². The second-order valence-corrected chi connectivity index (χ2v) is 6.77. The molecule has 0 aliphatic rings. The second kappa shape index (κ2) is 13.7. The van der Waals surface area contributed by atoms with E-state index in [9.17, 15) is 19.2 Å². The topological polar surface area (TPSA) is 114 Å². The molecule has 10 nitrogen and oxygen atoms in total. The van der Waals surface area contributed by atoms with Crippen LogP contribution >= 0.6 is 0 Å². The van der Waals surface area contributed by atoms with Gasteiger partial charge in [0.2, 0.25) is 0 Å². The van der Waals surface area contributed by atoms with Crippen LogP contribution in [0.4, 0.5) is 0 Å². The zero-order chi connectivity index (χ0) is 21.6. The molecule has 0 aromatic rings. The van der Waals surface area contributed by atoms with Gasteiger partial charge in [-0.2, -0.15) is 0 Å². The number of methoxy groups -OCH3 is 1. The molecule has 0 aliphatic carbocycles. The zero-order valence-corrected chi connectivity index (χ0v) is 17.1. The van der Waals surface area contributed by atoms with Crippen molar-refractivity contribution >= 4 is 23.9 Å². The molecule has 0 spiro atoms. The number of nitrogens with zero attached hydrogens (tertiary/aromatic N) is 1. The Bertz CT molecular complexity index is 552. The Labute approximate surface area is 164 Å². The smallest absolute Gasteiger partial charge is 0.331 e. The normalized spacial score (nSPS) is 12.3. The van der Waals surface area contributed by atoms with Gasteiger partial charge in [0.05, 0.1) is 47.9 Å². The van der Waals surface area contributed by atoms with Gasteiger partial charge in [-0.05, 0) is 0 Å². The van der Waals surface area contributed by atoms with E-state index in [0.717, 1.165) is 12.2 Å². The van der Waals surface area contributed by atoms with Crippen LogP contribution in [0.25, 0.3) is 0 Å². The number of hydrogen-bond donors (Lipinski definition) is 0. The predicted molar refractivity (Wildman–Crippen MR) is 97.0 cm³/mol. The van der Waals surface area contributed by atoms with Gasteiger partial charge in [-0.25, -0.2) is 9.59 Å². The first kappa shape index (κ1) is 25.5. The number of rotatable bonds is 13. The number of ether oxygens (including phenoxy) is 5. The van der Waals surface area contributed by atoms with Gasteiger partial charge < -0.3 is 28.2 Å². The van der Waals surface area contributed by atoms with Crippen LogP contribution in [0.1, 0.15) is 13.3 Å². The van der Waals surface area contributed by atoms with Gasteiger partial charge >= 0.3 is 23.9 Å². The Hall–Kier alpha value is -2.46. The van der Waals surface area contributed by atoms with E-state index in [2.05, 4.69) is 4.74 Å². The lowest BCUT2D eigenvalue weighted by molar-refractivity contribution is -0.873. The molecule has 0 heterocycles. The van der Waals surface area contributed by atoms with Crippen molar-refractivity contribution in [2.45, 2.75) is 19.4 Å². The number of quaternary nitrogens is 1. The summed E-state index contributed by atoms with van der Waals surface area (Å²) in [5.41, 5.74) is 0. The summed E-state index contributed by atoms with van der Waals surface area (Å²) >= 11 is 0. The summed E-state index contributed by atoms with van der Waals surface area (Å²) in [5.74, 6) is -2.31. The molecule has 1 atom stereocenters. The molecule has 160 valence electrons. The molecule has 0 aromatic carbocycles. The Kier molecular flexibility index (Phi) is 12.5. The van der Waals surface area contributed by atoms with E-state index >= 15 is 0 Å². The summed E-state index contributed by atoms with van der Waals surface area (Å²) < 4.78 is 25.0. The third-order valence-electron chi connectivity index (χ3n) is 3.00. The third kappa shape index (κ3) is 15.8. The van der Waals surface area contributed by atoms with Gasteiger partial charge in [0.1, 0.15) is 19.8 Å². The number of hydrogen-bond acceptors (Lipinski definition) is 9. The maximum atomic E-state index is 11.9. The summed E-state index contributed by atoms with van der Waals surface area (Å²) in [6, 6.07) is 0. The van der Waals surface area contributed by atoms with Crippen LogP contribution in [0.3, 0.4) is 0 Å². The molecule has 0 aliphatic heterocycles. The fraction of sp³-hybridized carbons (Fsp3) is 0.667. The highest BCUT2D eigenvalue weighted by atomic mass is 16.6. The second-order valence-electron chi connectivity index (χ2n) is 6.77. The molecule has 0 unspecified atom stereocenters. The van der Waals surface area contributed by atoms with Crippen LogP contribution in [0.2, 0.25) is 0 Å². The van der Waals surface area contributed by atoms with E-state index in [0.29, 0.717) is 11.0 Å². The lowest BCUT2D eigenvalue weighted by Crippen LogP contribution is -2.43. The molecule has 10 heteroatoms. The minimum absolute atomic E-state index is 0.0175. The van der Waals surface area contributed by atoms with Crippen molar-refractivity contribution in [3.05, 3.63) is 12.2 Å². The van der Waals surface area contributed by atoms with Gasteiger partial charge in [-0.1, -0.05) is 0 Å². The Balaban J connectivity index is 3.93. The Morgan fingerprint density at radius 1 is 0.893 bits per heavy atom. The first-order chi connectivity index (χ1) is 13.0. The largest absolute Gasteiger partial charge is 0.466 e. The van der Waals surface area contributed by atoms with Crippen molar-refractivity contribution in [3.8, 4) is 0 Å². The van der Waals surface area contributed by atoms with E-state index in [-0.39, 0.29) is 32.8 Å². The van der Waals surface area contributed by atoms with Gasteiger partial charge in [-0.15, -0.1) is 0 Å². The van der Waals surface area contributed by atoms with E-state index in [1.807, 2.05) is 21.1 Å². The summed E-state index contributed by atoms with van der Waals surface area (Å²) in [5, 5.41) is 0. The fourth-order valence-corrected chi connectivity index (χ4v) is 2.00. The summed E-state index contributed by atoms with van der Waals surface area (Å²) in [6.45, 7) is 1.99. The molecule has 28 heavy (non-hydrogen) atoms. The number of likely N-dealkylation sites (N-methyl/N-ethyl adjacent to an activating group) is 1. The molecule has 0 saturated heterocycles. The van der Waals surface area contributed by atoms with Crippen LogP contribution in [0.15, 0.2) is 12.2 Å². The number of carbonyl (C=O) groups is 4. The average Bonchev–Trinajstić information content (AvgIpc) is 2.56. The van der Waals surface area contributed by atoms with Crippen molar-refractivity contribution in [2.75, 3.05) is 61.2 Å². The van der Waals surface area contributed by atoms with Gasteiger partial charge in [0.25, 0.3) is 0 Å². The van der Waals surface area contributed by atoms with E-state index in [1.165, 1.54) is 14.0 Å². The van der Waals surface area contributed by atoms with Crippen LogP contribution in [-0.2, 0) is 42.9 Å². The predicted octanol–water partition coefficient (Wildman–Crippen LogP) is -0.153. The van der Waals surface area contributed by atoms with Crippen LogP contribution in [0, 0.1) is 0 Å².